The molecule has 0 fully saturated rings. The minimum atomic E-state index is -0.0572. The third-order valence-electron chi connectivity index (χ3n) is 4.11. The summed E-state index contributed by atoms with van der Waals surface area (Å²) in [5.74, 6) is 1.01. The van der Waals surface area contributed by atoms with E-state index in [1.807, 2.05) is 42.1 Å². The number of nitrogens with zero attached hydrogens (tertiary/aromatic N) is 5. The molecule has 1 aromatic carbocycles. The predicted octanol–water partition coefficient (Wildman–Crippen LogP) is 3.38. The molecule has 0 spiro atoms. The Bertz CT molecular complexity index is 899. The van der Waals surface area contributed by atoms with Gasteiger partial charge < -0.3 is 9.88 Å². The SMILES string of the molecule is CCCn1c(SCC(=O)Nc2ccc(CC)cc2)nnc1-c1cnn(C)c1. The smallest absolute Gasteiger partial charge is 0.234 e. The molecule has 142 valence electrons. The number of hydrogen-bond donors (Lipinski definition) is 1. The first-order chi connectivity index (χ1) is 13.1. The maximum absolute atomic E-state index is 12.3. The largest absolute Gasteiger partial charge is 0.325 e. The van der Waals surface area contributed by atoms with E-state index in [9.17, 15) is 4.79 Å². The molecule has 8 heteroatoms. The molecule has 0 bridgehead atoms. The van der Waals surface area contributed by atoms with Crippen molar-refractivity contribution in [1.82, 2.24) is 24.5 Å². The van der Waals surface area contributed by atoms with Crippen molar-refractivity contribution in [3.05, 3.63) is 42.2 Å². The summed E-state index contributed by atoms with van der Waals surface area (Å²) in [4.78, 5) is 12.3. The number of hydrogen-bond acceptors (Lipinski definition) is 5. The molecule has 0 aliphatic rings. The van der Waals surface area contributed by atoms with Gasteiger partial charge in [0, 0.05) is 25.5 Å². The molecule has 0 aliphatic heterocycles. The average Bonchev–Trinajstić information content (AvgIpc) is 3.27. The summed E-state index contributed by atoms with van der Waals surface area (Å²) in [6.45, 7) is 5.00. The van der Waals surface area contributed by atoms with Crippen LogP contribution in [0.4, 0.5) is 5.69 Å². The number of carbonyl (C=O) groups excluding carboxylic acids is 1. The van der Waals surface area contributed by atoms with Crippen LogP contribution in [0.2, 0.25) is 0 Å². The van der Waals surface area contributed by atoms with E-state index < -0.39 is 0 Å². The molecular weight excluding hydrogens is 360 g/mol. The predicted molar refractivity (Wildman–Crippen MR) is 108 cm³/mol. The average molecular weight is 385 g/mol. The first-order valence-electron chi connectivity index (χ1n) is 9.04. The quantitative estimate of drug-likeness (QED) is 0.603. The van der Waals surface area contributed by atoms with Crippen LogP contribution in [0.5, 0.6) is 0 Å². The molecule has 0 saturated heterocycles. The molecule has 0 radical (unpaired) electrons. The third kappa shape index (κ3) is 4.77. The Kier molecular flexibility index (Phi) is 6.28. The van der Waals surface area contributed by atoms with Gasteiger partial charge in [0.25, 0.3) is 0 Å². The first kappa shape index (κ1) is 19.2. The van der Waals surface area contributed by atoms with Gasteiger partial charge in [-0.3, -0.25) is 9.48 Å². The molecule has 0 atom stereocenters. The number of rotatable bonds is 8. The lowest BCUT2D eigenvalue weighted by atomic mass is 10.1. The van der Waals surface area contributed by atoms with Gasteiger partial charge in [-0.2, -0.15) is 5.10 Å². The van der Waals surface area contributed by atoms with Gasteiger partial charge in [-0.25, -0.2) is 0 Å². The van der Waals surface area contributed by atoms with Gasteiger partial charge in [-0.15, -0.1) is 10.2 Å². The highest BCUT2D eigenvalue weighted by Gasteiger charge is 2.16. The Hall–Kier alpha value is -2.61. The van der Waals surface area contributed by atoms with Crippen LogP contribution in [0.15, 0.2) is 41.8 Å². The normalized spacial score (nSPS) is 10.9. The van der Waals surface area contributed by atoms with E-state index in [-0.39, 0.29) is 11.7 Å². The second kappa shape index (κ2) is 8.85. The zero-order chi connectivity index (χ0) is 19.2. The fourth-order valence-electron chi connectivity index (χ4n) is 2.72. The zero-order valence-electron chi connectivity index (χ0n) is 15.8. The van der Waals surface area contributed by atoms with Crippen molar-refractivity contribution in [2.24, 2.45) is 7.05 Å². The topological polar surface area (TPSA) is 77.6 Å². The van der Waals surface area contributed by atoms with Gasteiger partial charge >= 0.3 is 0 Å². The number of carbonyl (C=O) groups is 1. The molecule has 0 saturated carbocycles. The number of amides is 1. The summed E-state index contributed by atoms with van der Waals surface area (Å²) >= 11 is 1.39. The number of nitrogens with one attached hydrogen (secondary N) is 1. The molecule has 2 heterocycles. The molecule has 1 amide bonds. The van der Waals surface area contributed by atoms with Gasteiger partial charge in [0.1, 0.15) is 0 Å². The number of anilines is 1. The maximum Gasteiger partial charge on any atom is 0.234 e. The van der Waals surface area contributed by atoms with Crippen molar-refractivity contribution < 1.29 is 4.79 Å². The van der Waals surface area contributed by atoms with E-state index in [0.29, 0.717) is 0 Å². The van der Waals surface area contributed by atoms with Crippen molar-refractivity contribution in [3.63, 3.8) is 0 Å². The molecule has 3 aromatic rings. The fourth-order valence-corrected chi connectivity index (χ4v) is 3.49. The Balaban J connectivity index is 1.66. The van der Waals surface area contributed by atoms with Crippen molar-refractivity contribution in [2.75, 3.05) is 11.1 Å². The van der Waals surface area contributed by atoms with Crippen LogP contribution >= 0.6 is 11.8 Å². The standard InChI is InChI=1S/C19H24N6OS/c1-4-10-25-18(15-11-20-24(3)12-15)22-23-19(25)27-13-17(26)21-16-8-6-14(5-2)7-9-16/h6-9,11-12H,4-5,10,13H2,1-3H3,(H,21,26). The highest BCUT2D eigenvalue weighted by atomic mass is 32.2. The third-order valence-corrected chi connectivity index (χ3v) is 5.07. The second-order valence-corrected chi connectivity index (χ2v) is 7.19. The molecule has 27 heavy (non-hydrogen) atoms. The van der Waals surface area contributed by atoms with E-state index in [2.05, 4.69) is 34.5 Å². The summed E-state index contributed by atoms with van der Waals surface area (Å²) in [6, 6.07) is 7.92. The second-order valence-electron chi connectivity index (χ2n) is 6.25. The van der Waals surface area contributed by atoms with Crippen LogP contribution in [-0.4, -0.2) is 36.2 Å². The summed E-state index contributed by atoms with van der Waals surface area (Å²) in [5, 5.41) is 16.5. The molecule has 0 aliphatic carbocycles. The highest BCUT2D eigenvalue weighted by Crippen LogP contribution is 2.24. The van der Waals surface area contributed by atoms with E-state index in [1.165, 1.54) is 17.3 Å². The van der Waals surface area contributed by atoms with Gasteiger partial charge in [0.05, 0.1) is 17.5 Å². The summed E-state index contributed by atoms with van der Waals surface area (Å²) in [7, 11) is 1.87. The zero-order valence-corrected chi connectivity index (χ0v) is 16.7. The van der Waals surface area contributed by atoms with Crippen molar-refractivity contribution in [2.45, 2.75) is 38.4 Å². The summed E-state index contributed by atoms with van der Waals surface area (Å²) in [6.07, 6.45) is 5.62. The van der Waals surface area contributed by atoms with Crippen LogP contribution < -0.4 is 5.32 Å². The van der Waals surface area contributed by atoms with Crippen LogP contribution in [0.1, 0.15) is 25.8 Å². The van der Waals surface area contributed by atoms with Crippen LogP contribution in [0, 0.1) is 0 Å². The van der Waals surface area contributed by atoms with Crippen LogP contribution in [0.25, 0.3) is 11.4 Å². The summed E-state index contributed by atoms with van der Waals surface area (Å²) < 4.78 is 3.79. The lowest BCUT2D eigenvalue weighted by molar-refractivity contribution is -0.113. The Labute approximate surface area is 163 Å². The van der Waals surface area contributed by atoms with Crippen molar-refractivity contribution >= 4 is 23.4 Å². The molecule has 0 unspecified atom stereocenters. The molecule has 2 aromatic heterocycles. The van der Waals surface area contributed by atoms with Crippen molar-refractivity contribution in [1.29, 1.82) is 0 Å². The Morgan fingerprint density at radius 2 is 1.96 bits per heavy atom. The maximum atomic E-state index is 12.3. The van der Waals surface area contributed by atoms with E-state index in [0.717, 1.165) is 41.6 Å². The monoisotopic (exact) mass is 384 g/mol. The van der Waals surface area contributed by atoms with Crippen LogP contribution in [0.3, 0.4) is 0 Å². The van der Waals surface area contributed by atoms with Gasteiger partial charge in [0.15, 0.2) is 11.0 Å². The van der Waals surface area contributed by atoms with Gasteiger partial charge in [-0.1, -0.05) is 37.7 Å². The minimum Gasteiger partial charge on any atom is -0.325 e. The summed E-state index contributed by atoms with van der Waals surface area (Å²) in [5.41, 5.74) is 2.98. The molecule has 7 nitrogen and oxygen atoms in total. The minimum absolute atomic E-state index is 0.0572. The van der Waals surface area contributed by atoms with E-state index >= 15 is 0 Å². The highest BCUT2D eigenvalue weighted by molar-refractivity contribution is 7.99. The molecule has 1 N–H and O–H groups in total. The Morgan fingerprint density at radius 1 is 1.19 bits per heavy atom. The van der Waals surface area contributed by atoms with E-state index in [1.54, 1.807) is 10.9 Å². The lowest BCUT2D eigenvalue weighted by Crippen LogP contribution is -2.14. The number of benzene rings is 1. The number of thioether (sulfide) groups is 1. The Morgan fingerprint density at radius 3 is 2.59 bits per heavy atom. The molecular formula is C19H24N6OS. The van der Waals surface area contributed by atoms with Crippen molar-refractivity contribution in [3.8, 4) is 11.4 Å². The molecule has 3 rings (SSSR count). The fraction of sp³-hybridized carbons (Fsp3) is 0.368. The first-order valence-corrected chi connectivity index (χ1v) is 10.0. The number of aromatic nitrogens is 5. The number of aryl methyl sites for hydroxylation is 2. The van der Waals surface area contributed by atoms with Gasteiger partial charge in [0.2, 0.25) is 5.91 Å². The van der Waals surface area contributed by atoms with Crippen LogP contribution in [-0.2, 0) is 24.8 Å². The van der Waals surface area contributed by atoms with E-state index in [4.69, 9.17) is 0 Å². The van der Waals surface area contributed by atoms with Gasteiger partial charge in [-0.05, 0) is 30.5 Å². The lowest BCUT2D eigenvalue weighted by Gasteiger charge is -2.08.